The fraction of sp³-hybridized carbons (Fsp3) is 0.200. The molecule has 0 saturated carbocycles. The molecule has 0 bridgehead atoms. The maximum Gasteiger partial charge on any atom is 0.251 e. The van der Waals surface area contributed by atoms with Gasteiger partial charge in [-0.2, -0.15) is 4.39 Å². The smallest absolute Gasteiger partial charge is 0.251 e. The number of nitrogens with zero attached hydrogens (tertiary/aromatic N) is 2. The van der Waals surface area contributed by atoms with Gasteiger partial charge in [0.25, 0.3) is 5.91 Å². The van der Waals surface area contributed by atoms with E-state index in [2.05, 4.69) is 10.3 Å². The van der Waals surface area contributed by atoms with Crippen molar-refractivity contribution in [2.24, 2.45) is 0 Å². The number of carbonyl (C=O) groups is 1. The van der Waals surface area contributed by atoms with Crippen LogP contribution in [0.15, 0.2) is 42.6 Å². The minimum Gasteiger partial charge on any atom is -0.378 e. The molecule has 0 aliphatic rings. The highest BCUT2D eigenvalue weighted by Gasteiger charge is 2.06. The Bertz CT molecular complexity index is 596. The topological polar surface area (TPSA) is 45.2 Å². The lowest BCUT2D eigenvalue weighted by atomic mass is 10.2. The molecule has 5 heteroatoms. The van der Waals surface area contributed by atoms with Gasteiger partial charge in [-0.05, 0) is 23.8 Å². The molecule has 2 rings (SSSR count). The standard InChI is InChI=1S/C15H16FN3O/c1-19(2)13-5-3-11(4-6-13)10-18-15(20)12-7-8-17-14(16)9-12/h3-9H,10H2,1-2H3,(H,18,20). The van der Waals surface area contributed by atoms with Crippen molar-refractivity contribution in [3.8, 4) is 0 Å². The van der Waals surface area contributed by atoms with Gasteiger partial charge in [0.15, 0.2) is 0 Å². The van der Waals surface area contributed by atoms with Crippen LogP contribution in [-0.2, 0) is 6.54 Å². The molecule has 104 valence electrons. The van der Waals surface area contributed by atoms with Gasteiger partial charge in [0, 0.05) is 44.2 Å². The maximum absolute atomic E-state index is 12.9. The minimum absolute atomic E-state index is 0.266. The number of hydrogen-bond donors (Lipinski definition) is 1. The van der Waals surface area contributed by atoms with Crippen molar-refractivity contribution in [3.63, 3.8) is 0 Å². The van der Waals surface area contributed by atoms with Crippen LogP contribution in [0.25, 0.3) is 0 Å². The summed E-state index contributed by atoms with van der Waals surface area (Å²) in [4.78, 5) is 17.2. The summed E-state index contributed by atoms with van der Waals surface area (Å²) in [5, 5.41) is 2.74. The molecule has 0 spiro atoms. The first kappa shape index (κ1) is 14.0. The van der Waals surface area contributed by atoms with E-state index in [0.29, 0.717) is 6.54 Å². The van der Waals surface area contributed by atoms with Crippen molar-refractivity contribution >= 4 is 11.6 Å². The molecule has 1 amide bonds. The molecular formula is C15H16FN3O. The van der Waals surface area contributed by atoms with Gasteiger partial charge >= 0.3 is 0 Å². The SMILES string of the molecule is CN(C)c1ccc(CNC(=O)c2ccnc(F)c2)cc1. The van der Waals surface area contributed by atoms with E-state index in [0.717, 1.165) is 17.3 Å². The van der Waals surface area contributed by atoms with Crippen LogP contribution in [-0.4, -0.2) is 25.0 Å². The molecule has 2 aromatic rings. The molecule has 1 N–H and O–H groups in total. The van der Waals surface area contributed by atoms with Gasteiger partial charge in [0.2, 0.25) is 5.95 Å². The van der Waals surface area contributed by atoms with Gasteiger partial charge < -0.3 is 10.2 Å². The number of carbonyl (C=O) groups excluding carboxylic acids is 1. The van der Waals surface area contributed by atoms with Crippen LogP contribution in [0, 0.1) is 5.95 Å². The maximum atomic E-state index is 12.9. The summed E-state index contributed by atoms with van der Waals surface area (Å²) in [5.41, 5.74) is 2.34. The Hall–Kier alpha value is -2.43. The number of amides is 1. The van der Waals surface area contributed by atoms with Crippen LogP contribution >= 0.6 is 0 Å². The summed E-state index contributed by atoms with van der Waals surface area (Å²) >= 11 is 0. The fourth-order valence-electron chi connectivity index (χ4n) is 1.74. The first-order valence-electron chi connectivity index (χ1n) is 6.22. The highest BCUT2D eigenvalue weighted by atomic mass is 19.1. The number of halogens is 1. The highest BCUT2D eigenvalue weighted by molar-refractivity contribution is 5.93. The van der Waals surface area contributed by atoms with E-state index in [-0.39, 0.29) is 11.5 Å². The van der Waals surface area contributed by atoms with Crippen LogP contribution in [0.5, 0.6) is 0 Å². The van der Waals surface area contributed by atoms with Crippen molar-refractivity contribution in [1.29, 1.82) is 0 Å². The molecule has 0 radical (unpaired) electrons. The Morgan fingerprint density at radius 2 is 1.95 bits per heavy atom. The lowest BCUT2D eigenvalue weighted by Crippen LogP contribution is -2.23. The number of anilines is 1. The first-order valence-corrected chi connectivity index (χ1v) is 6.22. The summed E-state index contributed by atoms with van der Waals surface area (Å²) in [7, 11) is 3.93. The Balaban J connectivity index is 1.96. The number of pyridine rings is 1. The van der Waals surface area contributed by atoms with Gasteiger partial charge in [-0.15, -0.1) is 0 Å². The van der Waals surface area contributed by atoms with Gasteiger partial charge in [-0.3, -0.25) is 4.79 Å². The van der Waals surface area contributed by atoms with E-state index in [1.807, 2.05) is 43.3 Å². The van der Waals surface area contributed by atoms with Crippen LogP contribution < -0.4 is 10.2 Å². The molecule has 0 aliphatic heterocycles. The molecule has 0 saturated heterocycles. The Labute approximate surface area is 117 Å². The first-order chi connectivity index (χ1) is 9.56. The predicted molar refractivity (Wildman–Crippen MR) is 76.1 cm³/mol. The quantitative estimate of drug-likeness (QED) is 0.869. The monoisotopic (exact) mass is 273 g/mol. The van der Waals surface area contributed by atoms with Gasteiger partial charge in [-0.25, -0.2) is 4.98 Å². The Morgan fingerprint density at radius 1 is 1.25 bits per heavy atom. The third-order valence-electron chi connectivity index (χ3n) is 2.89. The van der Waals surface area contributed by atoms with Crippen LogP contribution in [0.1, 0.15) is 15.9 Å². The summed E-state index contributed by atoms with van der Waals surface area (Å²) in [6.45, 7) is 0.399. The number of rotatable bonds is 4. The highest BCUT2D eigenvalue weighted by Crippen LogP contribution is 2.12. The van der Waals surface area contributed by atoms with Gasteiger partial charge in [0.05, 0.1) is 0 Å². The molecule has 0 fully saturated rings. The fourth-order valence-corrected chi connectivity index (χ4v) is 1.74. The molecule has 0 atom stereocenters. The lowest BCUT2D eigenvalue weighted by Gasteiger charge is -2.13. The summed E-state index contributed by atoms with van der Waals surface area (Å²) in [5.74, 6) is -0.976. The number of nitrogens with one attached hydrogen (secondary N) is 1. The van der Waals surface area contributed by atoms with Crippen LogP contribution in [0.3, 0.4) is 0 Å². The van der Waals surface area contributed by atoms with E-state index in [1.54, 1.807) is 0 Å². The van der Waals surface area contributed by atoms with E-state index in [9.17, 15) is 9.18 Å². The molecule has 4 nitrogen and oxygen atoms in total. The predicted octanol–water partition coefficient (Wildman–Crippen LogP) is 2.22. The summed E-state index contributed by atoms with van der Waals surface area (Å²) in [6.07, 6.45) is 1.27. The molecule has 1 aromatic carbocycles. The second-order valence-electron chi connectivity index (χ2n) is 4.61. The number of aromatic nitrogens is 1. The summed E-state index contributed by atoms with van der Waals surface area (Å²) < 4.78 is 12.9. The third-order valence-corrected chi connectivity index (χ3v) is 2.89. The van der Waals surface area contributed by atoms with E-state index >= 15 is 0 Å². The van der Waals surface area contributed by atoms with Crippen molar-refractivity contribution in [3.05, 3.63) is 59.7 Å². The largest absolute Gasteiger partial charge is 0.378 e. The van der Waals surface area contributed by atoms with Crippen molar-refractivity contribution in [2.45, 2.75) is 6.54 Å². The zero-order valence-electron chi connectivity index (χ0n) is 11.4. The number of hydrogen-bond acceptors (Lipinski definition) is 3. The lowest BCUT2D eigenvalue weighted by molar-refractivity contribution is 0.0950. The Kier molecular flexibility index (Phi) is 4.30. The van der Waals surface area contributed by atoms with E-state index in [4.69, 9.17) is 0 Å². The molecule has 1 aromatic heterocycles. The van der Waals surface area contributed by atoms with Gasteiger partial charge in [0.1, 0.15) is 0 Å². The van der Waals surface area contributed by atoms with Crippen molar-refractivity contribution in [2.75, 3.05) is 19.0 Å². The molecule has 1 heterocycles. The third kappa shape index (κ3) is 3.54. The van der Waals surface area contributed by atoms with Crippen LogP contribution in [0.4, 0.5) is 10.1 Å². The normalized spacial score (nSPS) is 10.2. The molecule has 20 heavy (non-hydrogen) atoms. The summed E-state index contributed by atoms with van der Waals surface area (Å²) in [6, 6.07) is 10.4. The molecular weight excluding hydrogens is 257 g/mol. The molecule has 0 aliphatic carbocycles. The van der Waals surface area contributed by atoms with Crippen LogP contribution in [0.2, 0.25) is 0 Å². The van der Waals surface area contributed by atoms with E-state index < -0.39 is 5.95 Å². The van der Waals surface area contributed by atoms with E-state index in [1.165, 1.54) is 12.3 Å². The molecule has 0 unspecified atom stereocenters. The van der Waals surface area contributed by atoms with Crippen molar-refractivity contribution in [1.82, 2.24) is 10.3 Å². The average Bonchev–Trinajstić information content (AvgIpc) is 2.45. The zero-order valence-corrected chi connectivity index (χ0v) is 11.4. The second-order valence-corrected chi connectivity index (χ2v) is 4.61. The Morgan fingerprint density at radius 3 is 2.55 bits per heavy atom. The number of benzene rings is 1. The minimum atomic E-state index is -0.659. The van der Waals surface area contributed by atoms with Gasteiger partial charge in [-0.1, -0.05) is 12.1 Å². The average molecular weight is 273 g/mol. The van der Waals surface area contributed by atoms with Crippen molar-refractivity contribution < 1.29 is 9.18 Å². The second kappa shape index (κ2) is 6.14. The zero-order chi connectivity index (χ0) is 14.5.